The van der Waals surface area contributed by atoms with Crippen LogP contribution in [0.1, 0.15) is 0 Å². The zero-order chi connectivity index (χ0) is 17.5. The number of aliphatic carboxylic acids is 1. The van der Waals surface area contributed by atoms with Crippen LogP contribution < -0.4 is 15.4 Å². The van der Waals surface area contributed by atoms with Gasteiger partial charge in [-0.2, -0.15) is 0 Å². The number of phenols is 1. The van der Waals surface area contributed by atoms with Crippen molar-refractivity contribution < 1.29 is 24.5 Å². The molecule has 0 unspecified atom stereocenters. The molecule has 1 amide bonds. The molecule has 2 aromatic carbocycles. The van der Waals surface area contributed by atoms with Crippen molar-refractivity contribution >= 4 is 17.6 Å². The summed E-state index contributed by atoms with van der Waals surface area (Å²) in [6.45, 7) is -0.532. The maximum atomic E-state index is 11.6. The first-order chi connectivity index (χ1) is 11.5. The summed E-state index contributed by atoms with van der Waals surface area (Å²) in [7, 11) is 1.54. The highest BCUT2D eigenvalue weighted by Gasteiger charge is 2.12. The molecule has 0 saturated carbocycles. The number of carbonyl (C=O) groups excluding carboxylic acids is 1. The molecular weight excluding hydrogens is 312 g/mol. The summed E-state index contributed by atoms with van der Waals surface area (Å²) in [5.41, 5.74) is 1.87. The molecule has 24 heavy (non-hydrogen) atoms. The Labute approximate surface area is 138 Å². The molecule has 0 saturated heterocycles. The van der Waals surface area contributed by atoms with Gasteiger partial charge in [0, 0.05) is 16.8 Å². The van der Waals surface area contributed by atoms with Gasteiger partial charge in [-0.05, 0) is 24.3 Å². The third kappa shape index (κ3) is 4.39. The van der Waals surface area contributed by atoms with E-state index in [1.54, 1.807) is 42.5 Å². The Kier molecular flexibility index (Phi) is 5.62. The van der Waals surface area contributed by atoms with E-state index >= 15 is 0 Å². The molecule has 0 heterocycles. The number of methoxy groups -OCH3 is 1. The number of hydrogen-bond acceptors (Lipinski definition) is 5. The maximum absolute atomic E-state index is 11.6. The van der Waals surface area contributed by atoms with E-state index in [-0.39, 0.29) is 12.3 Å². The number of anilines is 1. The van der Waals surface area contributed by atoms with Gasteiger partial charge in [-0.1, -0.05) is 18.2 Å². The number of nitrogens with one attached hydrogen (secondary N) is 2. The van der Waals surface area contributed by atoms with Gasteiger partial charge in [0.1, 0.15) is 18.0 Å². The molecule has 0 fully saturated rings. The van der Waals surface area contributed by atoms with E-state index < -0.39 is 18.4 Å². The molecule has 0 spiro atoms. The van der Waals surface area contributed by atoms with Gasteiger partial charge in [0.2, 0.25) is 5.91 Å². The van der Waals surface area contributed by atoms with Crippen LogP contribution in [0.5, 0.6) is 11.5 Å². The molecular formula is C17H18N2O5. The first kappa shape index (κ1) is 17.1. The Hall–Kier alpha value is -3.22. The molecule has 7 heteroatoms. The quantitative estimate of drug-likeness (QED) is 0.615. The smallest absolute Gasteiger partial charge is 0.322 e. The number of hydrogen-bond donors (Lipinski definition) is 4. The summed E-state index contributed by atoms with van der Waals surface area (Å²) >= 11 is 0. The predicted molar refractivity (Wildman–Crippen MR) is 89.2 cm³/mol. The molecule has 2 aromatic rings. The lowest BCUT2D eigenvalue weighted by molar-refractivity contribution is -0.137. The van der Waals surface area contributed by atoms with Gasteiger partial charge in [0.05, 0.1) is 13.7 Å². The van der Waals surface area contributed by atoms with Gasteiger partial charge in [-0.15, -0.1) is 0 Å². The highest BCUT2D eigenvalue weighted by Crippen LogP contribution is 2.36. The van der Waals surface area contributed by atoms with Crippen LogP contribution in [0.3, 0.4) is 0 Å². The fourth-order valence-electron chi connectivity index (χ4n) is 2.14. The Bertz CT molecular complexity index is 746. The van der Waals surface area contributed by atoms with Crippen molar-refractivity contribution in [3.05, 3.63) is 42.5 Å². The van der Waals surface area contributed by atoms with Crippen molar-refractivity contribution in [1.29, 1.82) is 0 Å². The topological polar surface area (TPSA) is 108 Å². The Morgan fingerprint density at radius 2 is 1.83 bits per heavy atom. The Balaban J connectivity index is 2.22. The Morgan fingerprint density at radius 1 is 1.08 bits per heavy atom. The minimum Gasteiger partial charge on any atom is -0.507 e. The third-order valence-electron chi connectivity index (χ3n) is 3.30. The van der Waals surface area contributed by atoms with Crippen LogP contribution in [0.2, 0.25) is 0 Å². The van der Waals surface area contributed by atoms with E-state index in [9.17, 15) is 14.7 Å². The van der Waals surface area contributed by atoms with Crippen LogP contribution in [0.4, 0.5) is 5.69 Å². The van der Waals surface area contributed by atoms with Gasteiger partial charge >= 0.3 is 5.97 Å². The van der Waals surface area contributed by atoms with E-state index in [0.29, 0.717) is 22.6 Å². The molecule has 126 valence electrons. The van der Waals surface area contributed by atoms with Crippen molar-refractivity contribution in [3.8, 4) is 22.6 Å². The van der Waals surface area contributed by atoms with Crippen LogP contribution in [-0.4, -0.2) is 42.3 Å². The molecule has 0 atom stereocenters. The summed E-state index contributed by atoms with van der Waals surface area (Å²) in [6, 6.07) is 12.0. The summed E-state index contributed by atoms with van der Waals surface area (Å²) in [5.74, 6) is -0.850. The van der Waals surface area contributed by atoms with Crippen LogP contribution in [0.15, 0.2) is 42.5 Å². The molecule has 7 nitrogen and oxygen atoms in total. The second kappa shape index (κ2) is 7.87. The molecule has 2 rings (SSSR count). The second-order valence-electron chi connectivity index (χ2n) is 4.95. The van der Waals surface area contributed by atoms with Crippen molar-refractivity contribution in [2.24, 2.45) is 0 Å². The van der Waals surface area contributed by atoms with Crippen molar-refractivity contribution in [3.63, 3.8) is 0 Å². The van der Waals surface area contributed by atoms with Crippen LogP contribution in [0.25, 0.3) is 11.1 Å². The lowest BCUT2D eigenvalue weighted by Gasteiger charge is -2.14. The highest BCUT2D eigenvalue weighted by atomic mass is 16.5. The van der Waals surface area contributed by atoms with E-state index in [2.05, 4.69) is 10.6 Å². The lowest BCUT2D eigenvalue weighted by Crippen LogP contribution is -2.33. The molecule has 0 bridgehead atoms. The van der Waals surface area contributed by atoms with Gasteiger partial charge in [0.25, 0.3) is 0 Å². The number of phenolic OH excluding ortho intramolecular Hbond substituents is 1. The van der Waals surface area contributed by atoms with Crippen molar-refractivity contribution in [1.82, 2.24) is 5.32 Å². The summed E-state index contributed by atoms with van der Waals surface area (Å²) in [6.07, 6.45) is 0. The van der Waals surface area contributed by atoms with Crippen LogP contribution >= 0.6 is 0 Å². The molecule has 0 aliphatic carbocycles. The van der Waals surface area contributed by atoms with E-state index in [1.165, 1.54) is 7.11 Å². The van der Waals surface area contributed by atoms with Gasteiger partial charge in [0.15, 0.2) is 0 Å². The second-order valence-corrected chi connectivity index (χ2v) is 4.95. The molecule has 0 radical (unpaired) electrons. The van der Waals surface area contributed by atoms with Crippen molar-refractivity contribution in [2.45, 2.75) is 0 Å². The Morgan fingerprint density at radius 3 is 2.50 bits per heavy atom. The fraction of sp³-hybridized carbons (Fsp3) is 0.176. The number of carboxylic acids is 1. The number of para-hydroxylation sites is 1. The summed E-state index contributed by atoms with van der Waals surface area (Å²) < 4.78 is 5.21. The zero-order valence-electron chi connectivity index (χ0n) is 13.1. The van der Waals surface area contributed by atoms with E-state index in [4.69, 9.17) is 9.84 Å². The highest BCUT2D eigenvalue weighted by molar-refractivity contribution is 5.87. The average Bonchev–Trinajstić information content (AvgIpc) is 2.58. The minimum absolute atomic E-state index is 0.0970. The monoisotopic (exact) mass is 330 g/mol. The van der Waals surface area contributed by atoms with Gasteiger partial charge in [-0.25, -0.2) is 0 Å². The summed E-state index contributed by atoms with van der Waals surface area (Å²) in [4.78, 5) is 22.1. The van der Waals surface area contributed by atoms with E-state index in [0.717, 1.165) is 0 Å². The number of benzene rings is 2. The molecule has 4 N–H and O–H groups in total. The predicted octanol–water partition coefficient (Wildman–Crippen LogP) is 1.68. The first-order valence-corrected chi connectivity index (χ1v) is 7.20. The number of ether oxygens (including phenoxy) is 1. The third-order valence-corrected chi connectivity index (χ3v) is 3.30. The molecule has 0 aliphatic rings. The minimum atomic E-state index is -1.11. The van der Waals surface area contributed by atoms with Crippen LogP contribution in [0, 0.1) is 0 Å². The average molecular weight is 330 g/mol. The normalized spacial score (nSPS) is 10.0. The zero-order valence-corrected chi connectivity index (χ0v) is 13.1. The van der Waals surface area contributed by atoms with Crippen molar-refractivity contribution in [2.75, 3.05) is 25.5 Å². The lowest BCUT2D eigenvalue weighted by atomic mass is 10.0. The van der Waals surface area contributed by atoms with Crippen LogP contribution in [-0.2, 0) is 9.59 Å². The number of aromatic hydroxyl groups is 1. The summed E-state index contributed by atoms with van der Waals surface area (Å²) in [5, 5.41) is 23.8. The number of carbonyl (C=O) groups is 2. The van der Waals surface area contributed by atoms with Gasteiger partial charge < -0.3 is 25.6 Å². The number of carboxylic acid groups (broad SMARTS) is 1. The number of rotatable bonds is 7. The first-order valence-electron chi connectivity index (χ1n) is 7.20. The van der Waals surface area contributed by atoms with E-state index in [1.807, 2.05) is 0 Å². The maximum Gasteiger partial charge on any atom is 0.322 e. The SMILES string of the molecule is COc1ccc(NCC(=O)NCC(=O)O)c(-c2ccccc2O)c1. The number of amides is 1. The molecule has 0 aromatic heterocycles. The molecule has 0 aliphatic heterocycles. The van der Waals surface area contributed by atoms with Gasteiger partial charge in [-0.3, -0.25) is 9.59 Å². The largest absolute Gasteiger partial charge is 0.507 e. The fourth-order valence-corrected chi connectivity index (χ4v) is 2.14. The standard InChI is InChI=1S/C17H18N2O5/c1-24-11-6-7-14(18-9-16(21)19-10-17(22)23)13(8-11)12-4-2-3-5-15(12)20/h2-8,18,20H,9-10H2,1H3,(H,19,21)(H,22,23).